The van der Waals surface area contributed by atoms with E-state index in [9.17, 15) is 8.42 Å². The van der Waals surface area contributed by atoms with Crippen LogP contribution in [0.3, 0.4) is 0 Å². The normalized spacial score (nSPS) is 16.0. The van der Waals surface area contributed by atoms with Crippen molar-refractivity contribution in [2.24, 2.45) is 0 Å². The number of rotatable bonds is 4. The summed E-state index contributed by atoms with van der Waals surface area (Å²) in [6.45, 7) is 2.54. The molecule has 0 N–H and O–H groups in total. The van der Waals surface area contributed by atoms with Gasteiger partial charge in [0, 0.05) is 18.9 Å². The van der Waals surface area contributed by atoms with Crippen molar-refractivity contribution in [2.45, 2.75) is 37.2 Å². The van der Waals surface area contributed by atoms with Gasteiger partial charge in [-0.25, -0.2) is 22.4 Å². The van der Waals surface area contributed by atoms with Gasteiger partial charge in [0.15, 0.2) is 11.3 Å². The first-order valence-electron chi connectivity index (χ1n) is 10.2. The smallest absolute Gasteiger partial charge is 0.269 e. The Hall–Kier alpha value is -3.71. The van der Waals surface area contributed by atoms with E-state index in [-0.39, 0.29) is 10.9 Å². The zero-order valence-corrected chi connectivity index (χ0v) is 18.5. The Morgan fingerprint density at radius 2 is 1.97 bits per heavy atom. The van der Waals surface area contributed by atoms with E-state index in [4.69, 9.17) is 5.26 Å². The van der Waals surface area contributed by atoms with Gasteiger partial charge in [-0.15, -0.1) is 0 Å². The van der Waals surface area contributed by atoms with Crippen molar-refractivity contribution < 1.29 is 8.42 Å². The van der Waals surface area contributed by atoms with Crippen LogP contribution in [-0.2, 0) is 23.0 Å². The maximum Gasteiger partial charge on any atom is 0.269 e. The summed E-state index contributed by atoms with van der Waals surface area (Å²) in [5.74, 6) is 0.661. The van der Waals surface area contributed by atoms with Crippen molar-refractivity contribution in [3.8, 4) is 6.07 Å². The fourth-order valence-corrected chi connectivity index (χ4v) is 5.48. The molecule has 1 aliphatic heterocycles. The Balaban J connectivity index is 1.51. The predicted molar refractivity (Wildman–Crippen MR) is 119 cm³/mol. The van der Waals surface area contributed by atoms with Gasteiger partial charge < -0.3 is 4.90 Å². The molecule has 1 unspecified atom stereocenters. The highest BCUT2D eigenvalue weighted by atomic mass is 32.2. The number of fused-ring (bicyclic) bond motifs is 2. The van der Waals surface area contributed by atoms with Gasteiger partial charge in [-0.3, -0.25) is 4.68 Å². The maximum absolute atomic E-state index is 13.2. The van der Waals surface area contributed by atoms with Crippen molar-refractivity contribution in [3.63, 3.8) is 0 Å². The van der Waals surface area contributed by atoms with Gasteiger partial charge in [0.25, 0.3) is 10.0 Å². The molecule has 0 radical (unpaired) electrons. The molecule has 1 aromatic carbocycles. The fourth-order valence-electron chi connectivity index (χ4n) is 4.18. The minimum Gasteiger partial charge on any atom is -0.354 e. The van der Waals surface area contributed by atoms with E-state index in [1.807, 2.05) is 29.6 Å². The van der Waals surface area contributed by atoms with Crippen LogP contribution in [0.5, 0.6) is 0 Å². The number of aromatic nitrogens is 5. The summed E-state index contributed by atoms with van der Waals surface area (Å²) in [4.78, 5) is 11.0. The molecule has 1 aliphatic rings. The number of aryl methyl sites for hydroxylation is 2. The summed E-state index contributed by atoms with van der Waals surface area (Å²) < 4.78 is 29.5. The molecule has 9 nitrogen and oxygen atoms in total. The number of hydrogen-bond acceptors (Lipinski definition) is 7. The minimum atomic E-state index is -3.78. The lowest BCUT2D eigenvalue weighted by Crippen LogP contribution is -2.39. The minimum absolute atomic E-state index is 0.101. The zero-order chi connectivity index (χ0) is 22.5. The van der Waals surface area contributed by atoms with E-state index in [0.717, 1.165) is 24.1 Å². The van der Waals surface area contributed by atoms with E-state index in [1.165, 1.54) is 16.5 Å². The Labute approximate surface area is 185 Å². The van der Waals surface area contributed by atoms with E-state index in [2.05, 4.69) is 21.1 Å². The van der Waals surface area contributed by atoms with Crippen LogP contribution in [0.1, 0.15) is 23.4 Å². The second-order valence-electron chi connectivity index (χ2n) is 7.98. The Morgan fingerprint density at radius 3 is 2.72 bits per heavy atom. The zero-order valence-electron chi connectivity index (χ0n) is 17.7. The molecule has 0 saturated heterocycles. The summed E-state index contributed by atoms with van der Waals surface area (Å²) >= 11 is 0. The van der Waals surface area contributed by atoms with Gasteiger partial charge in [0.1, 0.15) is 18.2 Å². The molecule has 0 fully saturated rings. The Morgan fingerprint density at radius 1 is 1.19 bits per heavy atom. The molecule has 4 aromatic rings. The molecule has 3 aromatic heterocycles. The van der Waals surface area contributed by atoms with Crippen molar-refractivity contribution in [2.75, 3.05) is 11.9 Å². The molecule has 0 amide bonds. The van der Waals surface area contributed by atoms with E-state index < -0.39 is 10.0 Å². The van der Waals surface area contributed by atoms with Crippen LogP contribution in [-0.4, -0.2) is 45.2 Å². The number of likely N-dealkylation sites (N-methyl/N-ethyl adjacent to an activating group) is 1. The molecular weight excluding hydrogens is 426 g/mol. The molecule has 10 heteroatoms. The SMILES string of the molecule is Cc1ccc(S(=O)(=O)n2ccc3c(N(C)C4CCc5cc(C#N)nn5C4)ncnc32)cc1. The molecule has 0 aliphatic carbocycles. The van der Waals surface area contributed by atoms with Gasteiger partial charge in [0.05, 0.1) is 22.9 Å². The third kappa shape index (κ3) is 3.22. The topological polar surface area (TPSA) is 110 Å². The number of anilines is 1. The third-order valence-electron chi connectivity index (χ3n) is 5.98. The highest BCUT2D eigenvalue weighted by molar-refractivity contribution is 7.90. The van der Waals surface area contributed by atoms with Crippen molar-refractivity contribution in [3.05, 3.63) is 65.9 Å². The lowest BCUT2D eigenvalue weighted by Gasteiger charge is -2.32. The molecule has 162 valence electrons. The van der Waals surface area contributed by atoms with Crippen LogP contribution in [0.25, 0.3) is 11.0 Å². The summed E-state index contributed by atoms with van der Waals surface area (Å²) in [7, 11) is -1.84. The highest BCUT2D eigenvalue weighted by Gasteiger charge is 2.27. The largest absolute Gasteiger partial charge is 0.354 e. The summed E-state index contributed by atoms with van der Waals surface area (Å²) in [5.41, 5.74) is 2.80. The monoisotopic (exact) mass is 447 g/mol. The highest BCUT2D eigenvalue weighted by Crippen LogP contribution is 2.29. The van der Waals surface area contributed by atoms with Crippen LogP contribution in [0.2, 0.25) is 0 Å². The summed E-state index contributed by atoms with van der Waals surface area (Å²) in [5, 5.41) is 14.1. The molecular formula is C22H21N7O2S. The van der Waals surface area contributed by atoms with Gasteiger partial charge in [-0.05, 0) is 44.0 Å². The van der Waals surface area contributed by atoms with E-state index in [0.29, 0.717) is 29.1 Å². The number of benzene rings is 1. The van der Waals surface area contributed by atoms with Crippen LogP contribution >= 0.6 is 0 Å². The predicted octanol–water partition coefficient (Wildman–Crippen LogP) is 2.50. The molecule has 5 rings (SSSR count). The third-order valence-corrected chi connectivity index (χ3v) is 7.66. The lowest BCUT2D eigenvalue weighted by molar-refractivity contribution is 0.412. The van der Waals surface area contributed by atoms with Crippen LogP contribution in [0, 0.1) is 18.3 Å². The average molecular weight is 448 g/mol. The van der Waals surface area contributed by atoms with Crippen LogP contribution < -0.4 is 4.90 Å². The van der Waals surface area contributed by atoms with Crippen LogP contribution in [0.15, 0.2) is 53.8 Å². The standard InChI is InChI=1S/C22H21N7O2S/c1-15-3-7-19(8-4-15)32(30,31)29-10-9-20-21(24-14-25-22(20)29)27(2)18-6-5-17-11-16(12-23)26-28(17)13-18/h3-4,7-11,14,18H,5-6,13H2,1-2H3. The molecule has 0 spiro atoms. The lowest BCUT2D eigenvalue weighted by atomic mass is 10.0. The molecule has 1 atom stereocenters. The van der Waals surface area contributed by atoms with E-state index >= 15 is 0 Å². The molecule has 0 saturated carbocycles. The number of nitriles is 1. The Bertz CT molecular complexity index is 1460. The quantitative estimate of drug-likeness (QED) is 0.473. The van der Waals surface area contributed by atoms with Crippen molar-refractivity contribution in [1.82, 2.24) is 23.7 Å². The summed E-state index contributed by atoms with van der Waals surface area (Å²) in [6.07, 6.45) is 4.60. The molecule has 32 heavy (non-hydrogen) atoms. The van der Waals surface area contributed by atoms with Crippen molar-refractivity contribution >= 4 is 26.9 Å². The number of hydrogen-bond donors (Lipinski definition) is 0. The van der Waals surface area contributed by atoms with Crippen LogP contribution in [0.4, 0.5) is 5.82 Å². The first-order valence-corrected chi connectivity index (χ1v) is 11.7. The first kappa shape index (κ1) is 20.2. The molecule has 0 bridgehead atoms. The maximum atomic E-state index is 13.2. The molecule has 4 heterocycles. The van der Waals surface area contributed by atoms with E-state index in [1.54, 1.807) is 30.3 Å². The van der Waals surface area contributed by atoms with Gasteiger partial charge in [0.2, 0.25) is 0 Å². The van der Waals surface area contributed by atoms with Gasteiger partial charge >= 0.3 is 0 Å². The second-order valence-corrected chi connectivity index (χ2v) is 9.80. The summed E-state index contributed by atoms with van der Waals surface area (Å²) in [6, 6.07) is 12.5. The fraction of sp³-hybridized carbons (Fsp3) is 0.273. The van der Waals surface area contributed by atoms with Gasteiger partial charge in [-0.1, -0.05) is 17.7 Å². The Kier molecular flexibility index (Phi) is 4.71. The average Bonchev–Trinajstić information content (AvgIpc) is 3.42. The van der Waals surface area contributed by atoms with Crippen molar-refractivity contribution in [1.29, 1.82) is 5.26 Å². The number of nitrogens with zero attached hydrogens (tertiary/aromatic N) is 7. The first-order chi connectivity index (χ1) is 15.4. The van der Waals surface area contributed by atoms with Gasteiger partial charge in [-0.2, -0.15) is 10.4 Å². The second kappa shape index (κ2) is 7.46.